The van der Waals surface area contributed by atoms with Crippen molar-refractivity contribution in [1.82, 2.24) is 10.2 Å². The quantitative estimate of drug-likeness (QED) is 0.769. The van der Waals surface area contributed by atoms with E-state index in [1.54, 1.807) is 0 Å². The first-order valence-corrected chi connectivity index (χ1v) is 6.03. The van der Waals surface area contributed by atoms with Gasteiger partial charge in [0.1, 0.15) is 5.82 Å². The highest BCUT2D eigenvalue weighted by Gasteiger charge is 2.11. The third kappa shape index (κ3) is 5.19. The number of nitrogens with one attached hydrogen (secondary N) is 1. The maximum atomic E-state index is 13.8. The van der Waals surface area contributed by atoms with Crippen LogP contribution in [-0.4, -0.2) is 49.1 Å². The fraction of sp³-hybridized carbons (Fsp3) is 0.286. The topological polar surface area (TPSA) is 69.6 Å². The summed E-state index contributed by atoms with van der Waals surface area (Å²) in [6.45, 7) is 1.08. The van der Waals surface area contributed by atoms with Gasteiger partial charge in [-0.05, 0) is 37.9 Å². The Morgan fingerprint density at radius 2 is 2.10 bits per heavy atom. The van der Waals surface area contributed by atoms with Crippen molar-refractivity contribution in [3.05, 3.63) is 41.2 Å². The Hall–Kier alpha value is -2.21. The highest BCUT2D eigenvalue weighted by molar-refractivity contribution is 5.94. The number of amides is 1. The Bertz CT molecular complexity index is 527. The van der Waals surface area contributed by atoms with E-state index in [4.69, 9.17) is 5.11 Å². The molecular formula is C14H17FN2O3. The number of carboxylic acids is 1. The van der Waals surface area contributed by atoms with Crippen molar-refractivity contribution in [2.45, 2.75) is 0 Å². The van der Waals surface area contributed by atoms with Gasteiger partial charge in [-0.3, -0.25) is 4.79 Å². The molecule has 1 rings (SSSR count). The number of hydrogen-bond acceptors (Lipinski definition) is 3. The van der Waals surface area contributed by atoms with Gasteiger partial charge >= 0.3 is 5.97 Å². The van der Waals surface area contributed by atoms with Crippen molar-refractivity contribution < 1.29 is 19.1 Å². The highest BCUT2D eigenvalue weighted by atomic mass is 19.1. The Morgan fingerprint density at radius 3 is 2.65 bits per heavy atom. The van der Waals surface area contributed by atoms with Crippen molar-refractivity contribution in [1.29, 1.82) is 0 Å². The summed E-state index contributed by atoms with van der Waals surface area (Å²) in [6.07, 6.45) is 2.17. The minimum absolute atomic E-state index is 0.0590. The third-order valence-corrected chi connectivity index (χ3v) is 2.50. The fourth-order valence-corrected chi connectivity index (χ4v) is 1.47. The molecule has 0 saturated carbocycles. The lowest BCUT2D eigenvalue weighted by molar-refractivity contribution is -0.131. The van der Waals surface area contributed by atoms with Crippen LogP contribution in [0.15, 0.2) is 24.3 Å². The number of likely N-dealkylation sites (N-methyl/N-ethyl adjacent to an activating group) is 1. The van der Waals surface area contributed by atoms with E-state index in [0.29, 0.717) is 18.7 Å². The van der Waals surface area contributed by atoms with Crippen LogP contribution in [0.5, 0.6) is 0 Å². The molecule has 5 nitrogen and oxygen atoms in total. The van der Waals surface area contributed by atoms with E-state index in [0.717, 1.165) is 12.1 Å². The Balaban J connectivity index is 2.72. The number of aliphatic carboxylic acids is 1. The monoisotopic (exact) mass is 280 g/mol. The first kappa shape index (κ1) is 15.8. The number of benzene rings is 1. The predicted octanol–water partition coefficient (Wildman–Crippen LogP) is 1.21. The molecular weight excluding hydrogens is 263 g/mol. The van der Waals surface area contributed by atoms with E-state index in [1.807, 2.05) is 19.0 Å². The zero-order valence-corrected chi connectivity index (χ0v) is 11.4. The summed E-state index contributed by atoms with van der Waals surface area (Å²) in [6, 6.07) is 3.95. The molecule has 1 aromatic rings. The Kier molecular flexibility index (Phi) is 5.86. The molecule has 0 saturated heterocycles. The number of nitrogens with zero attached hydrogens (tertiary/aromatic N) is 1. The van der Waals surface area contributed by atoms with Gasteiger partial charge in [0.05, 0.1) is 5.56 Å². The molecule has 1 amide bonds. The fourth-order valence-electron chi connectivity index (χ4n) is 1.47. The molecule has 0 aliphatic carbocycles. The summed E-state index contributed by atoms with van der Waals surface area (Å²) < 4.78 is 13.8. The zero-order chi connectivity index (χ0) is 15.1. The summed E-state index contributed by atoms with van der Waals surface area (Å²) in [7, 11) is 3.74. The summed E-state index contributed by atoms with van der Waals surface area (Å²) >= 11 is 0. The van der Waals surface area contributed by atoms with Gasteiger partial charge in [0.2, 0.25) is 0 Å². The SMILES string of the molecule is CN(C)CCNC(=O)c1ccc(C=CC(=O)O)cc1F. The molecule has 2 N–H and O–H groups in total. The summed E-state index contributed by atoms with van der Waals surface area (Å²) in [5.41, 5.74) is 0.325. The number of halogens is 1. The van der Waals surface area contributed by atoms with E-state index in [1.165, 1.54) is 18.2 Å². The zero-order valence-electron chi connectivity index (χ0n) is 11.4. The molecule has 20 heavy (non-hydrogen) atoms. The molecule has 0 bridgehead atoms. The van der Waals surface area contributed by atoms with Crippen LogP contribution in [0.25, 0.3) is 6.08 Å². The van der Waals surface area contributed by atoms with Crippen molar-refractivity contribution >= 4 is 18.0 Å². The third-order valence-electron chi connectivity index (χ3n) is 2.50. The predicted molar refractivity (Wildman–Crippen MR) is 74.0 cm³/mol. The van der Waals surface area contributed by atoms with Gasteiger partial charge < -0.3 is 15.3 Å². The molecule has 0 aliphatic heterocycles. The van der Waals surface area contributed by atoms with E-state index >= 15 is 0 Å². The molecule has 0 aromatic heterocycles. The van der Waals surface area contributed by atoms with Gasteiger partial charge in [-0.1, -0.05) is 6.07 Å². The minimum Gasteiger partial charge on any atom is -0.478 e. The maximum Gasteiger partial charge on any atom is 0.328 e. The number of hydrogen-bond donors (Lipinski definition) is 2. The Morgan fingerprint density at radius 1 is 1.40 bits per heavy atom. The summed E-state index contributed by atoms with van der Waals surface area (Å²) in [5.74, 6) is -2.28. The lowest BCUT2D eigenvalue weighted by Crippen LogP contribution is -2.31. The lowest BCUT2D eigenvalue weighted by atomic mass is 10.1. The second-order valence-corrected chi connectivity index (χ2v) is 4.47. The number of rotatable bonds is 6. The van der Waals surface area contributed by atoms with Gasteiger partial charge in [-0.15, -0.1) is 0 Å². The smallest absolute Gasteiger partial charge is 0.328 e. The van der Waals surface area contributed by atoms with Crippen LogP contribution in [0.4, 0.5) is 4.39 Å². The van der Waals surface area contributed by atoms with Crippen LogP contribution in [0, 0.1) is 5.82 Å². The van der Waals surface area contributed by atoms with E-state index in [2.05, 4.69) is 5.32 Å². The summed E-state index contributed by atoms with van der Waals surface area (Å²) in [5, 5.41) is 11.1. The molecule has 0 aliphatic rings. The first-order chi connectivity index (χ1) is 9.40. The molecule has 1 aromatic carbocycles. The molecule has 108 valence electrons. The van der Waals surface area contributed by atoms with Crippen molar-refractivity contribution in [3.8, 4) is 0 Å². The average molecular weight is 280 g/mol. The normalized spacial score (nSPS) is 11.0. The second-order valence-electron chi connectivity index (χ2n) is 4.47. The molecule has 0 unspecified atom stereocenters. The van der Waals surface area contributed by atoms with Crippen LogP contribution in [-0.2, 0) is 4.79 Å². The molecule has 0 fully saturated rings. The minimum atomic E-state index is -1.11. The lowest BCUT2D eigenvalue weighted by Gasteiger charge is -2.10. The van der Waals surface area contributed by atoms with Gasteiger partial charge in [0.15, 0.2) is 0 Å². The van der Waals surface area contributed by atoms with Gasteiger partial charge in [-0.2, -0.15) is 0 Å². The highest BCUT2D eigenvalue weighted by Crippen LogP contribution is 2.11. The largest absolute Gasteiger partial charge is 0.478 e. The standard InChI is InChI=1S/C14H17FN2O3/c1-17(2)8-7-16-14(20)11-5-3-10(9-12(11)15)4-6-13(18)19/h3-6,9H,7-8H2,1-2H3,(H,16,20)(H,18,19). The van der Waals surface area contributed by atoms with E-state index in [-0.39, 0.29) is 5.56 Å². The molecule has 0 radical (unpaired) electrons. The van der Waals surface area contributed by atoms with Crippen LogP contribution < -0.4 is 5.32 Å². The molecule has 6 heteroatoms. The maximum absolute atomic E-state index is 13.8. The molecule has 0 heterocycles. The summed E-state index contributed by atoms with van der Waals surface area (Å²) in [4.78, 5) is 24.0. The number of carboxylic acid groups (broad SMARTS) is 1. The number of carbonyl (C=O) groups is 2. The second kappa shape index (κ2) is 7.40. The van der Waals surface area contributed by atoms with E-state index < -0.39 is 17.7 Å². The number of carbonyl (C=O) groups excluding carboxylic acids is 1. The van der Waals surface area contributed by atoms with Crippen LogP contribution in [0.1, 0.15) is 15.9 Å². The Labute approximate surface area is 116 Å². The van der Waals surface area contributed by atoms with Crippen molar-refractivity contribution in [2.75, 3.05) is 27.2 Å². The first-order valence-electron chi connectivity index (χ1n) is 6.03. The molecule has 0 atom stereocenters. The van der Waals surface area contributed by atoms with Gasteiger partial charge in [0, 0.05) is 19.2 Å². The van der Waals surface area contributed by atoms with Gasteiger partial charge in [-0.25, -0.2) is 9.18 Å². The van der Waals surface area contributed by atoms with Gasteiger partial charge in [0.25, 0.3) is 5.91 Å². The van der Waals surface area contributed by atoms with Crippen molar-refractivity contribution in [3.63, 3.8) is 0 Å². The molecule has 0 spiro atoms. The average Bonchev–Trinajstić information content (AvgIpc) is 2.35. The van der Waals surface area contributed by atoms with Crippen LogP contribution >= 0.6 is 0 Å². The van der Waals surface area contributed by atoms with E-state index in [9.17, 15) is 14.0 Å². The van der Waals surface area contributed by atoms with Crippen LogP contribution in [0.2, 0.25) is 0 Å². The van der Waals surface area contributed by atoms with Crippen LogP contribution in [0.3, 0.4) is 0 Å². The van der Waals surface area contributed by atoms with Crippen molar-refractivity contribution in [2.24, 2.45) is 0 Å².